The van der Waals surface area contributed by atoms with E-state index in [0.29, 0.717) is 12.1 Å². The second kappa shape index (κ2) is 7.68. The number of rotatable bonds is 5. The maximum Gasteiger partial charge on any atom is 0.217 e. The van der Waals surface area contributed by atoms with Gasteiger partial charge in [0, 0.05) is 25.6 Å². The Kier molecular flexibility index (Phi) is 5.89. The zero-order chi connectivity index (χ0) is 16.1. The van der Waals surface area contributed by atoms with Crippen LogP contribution in [0.5, 0.6) is 0 Å². The molecule has 2 rings (SSSR count). The molecule has 1 aromatic rings. The second-order valence-electron chi connectivity index (χ2n) is 6.23. The normalized spacial score (nSPS) is 23.1. The number of hydrogen-bond donors (Lipinski definition) is 2. The summed E-state index contributed by atoms with van der Waals surface area (Å²) in [7, 11) is 0. The Balaban J connectivity index is 1.76. The van der Waals surface area contributed by atoms with E-state index in [0.717, 1.165) is 37.8 Å². The fourth-order valence-corrected chi connectivity index (χ4v) is 3.01. The van der Waals surface area contributed by atoms with Gasteiger partial charge in [0.15, 0.2) is 11.6 Å². The Morgan fingerprint density at radius 3 is 2.41 bits per heavy atom. The second-order valence-corrected chi connectivity index (χ2v) is 6.23. The monoisotopic (exact) mass is 310 g/mol. The summed E-state index contributed by atoms with van der Waals surface area (Å²) in [6.45, 7) is 4.29. The Hall–Kier alpha value is -1.49. The van der Waals surface area contributed by atoms with Crippen LogP contribution in [0.3, 0.4) is 0 Å². The van der Waals surface area contributed by atoms with Crippen LogP contribution < -0.4 is 10.6 Å². The van der Waals surface area contributed by atoms with Crippen molar-refractivity contribution in [2.75, 3.05) is 6.54 Å². The molecular formula is C17H24F2N2O. The first-order chi connectivity index (χ1) is 10.5. The lowest BCUT2D eigenvalue weighted by atomic mass is 9.90. The van der Waals surface area contributed by atoms with Gasteiger partial charge in [0.25, 0.3) is 0 Å². The Bertz CT molecular complexity index is 513. The molecule has 3 nitrogen and oxygen atoms in total. The number of carbonyl (C=O) groups is 1. The molecule has 22 heavy (non-hydrogen) atoms. The summed E-state index contributed by atoms with van der Waals surface area (Å²) in [4.78, 5) is 11.0. The van der Waals surface area contributed by atoms with E-state index < -0.39 is 11.6 Å². The van der Waals surface area contributed by atoms with Gasteiger partial charge in [0.2, 0.25) is 5.91 Å². The Labute approximate surface area is 130 Å². The summed E-state index contributed by atoms with van der Waals surface area (Å²) in [5.74, 6) is -1.44. The minimum Gasteiger partial charge on any atom is -0.354 e. The zero-order valence-electron chi connectivity index (χ0n) is 13.2. The predicted molar refractivity (Wildman–Crippen MR) is 82.6 cm³/mol. The van der Waals surface area contributed by atoms with Crippen molar-refractivity contribution in [3.8, 4) is 0 Å². The molecule has 1 fully saturated rings. The fourth-order valence-electron chi connectivity index (χ4n) is 3.01. The lowest BCUT2D eigenvalue weighted by molar-refractivity contribution is -0.119. The SMILES string of the molecule is CC(=O)NC1CCC(NC[C@H](C)c2ccc(F)c(F)c2)CC1. The number of amides is 1. The van der Waals surface area contributed by atoms with E-state index in [9.17, 15) is 13.6 Å². The predicted octanol–water partition coefficient (Wildman–Crippen LogP) is 3.11. The molecule has 0 aromatic heterocycles. The van der Waals surface area contributed by atoms with E-state index in [1.807, 2.05) is 6.92 Å². The number of hydrogen-bond acceptors (Lipinski definition) is 2. The lowest BCUT2D eigenvalue weighted by Crippen LogP contribution is -2.42. The largest absolute Gasteiger partial charge is 0.354 e. The quantitative estimate of drug-likeness (QED) is 0.877. The van der Waals surface area contributed by atoms with E-state index in [1.165, 1.54) is 12.1 Å². The average Bonchev–Trinajstić information content (AvgIpc) is 2.48. The molecule has 1 amide bonds. The number of carbonyl (C=O) groups excluding carboxylic acids is 1. The highest BCUT2D eigenvalue weighted by Crippen LogP contribution is 2.21. The molecule has 0 unspecified atom stereocenters. The minimum atomic E-state index is -0.805. The van der Waals surface area contributed by atoms with Gasteiger partial charge in [-0.3, -0.25) is 4.79 Å². The van der Waals surface area contributed by atoms with Crippen LogP contribution >= 0.6 is 0 Å². The van der Waals surface area contributed by atoms with Crippen LogP contribution in [0.15, 0.2) is 18.2 Å². The van der Waals surface area contributed by atoms with Crippen molar-refractivity contribution in [2.24, 2.45) is 0 Å². The van der Waals surface area contributed by atoms with Crippen molar-refractivity contribution >= 4 is 5.91 Å². The third kappa shape index (κ3) is 4.77. The summed E-state index contributed by atoms with van der Waals surface area (Å²) in [5.41, 5.74) is 0.804. The molecule has 1 aromatic carbocycles. The van der Waals surface area contributed by atoms with Gasteiger partial charge in [-0.15, -0.1) is 0 Å². The first-order valence-electron chi connectivity index (χ1n) is 7.91. The summed E-state index contributed by atoms with van der Waals surface area (Å²) < 4.78 is 26.2. The van der Waals surface area contributed by atoms with E-state index in [1.54, 1.807) is 13.0 Å². The van der Waals surface area contributed by atoms with Crippen molar-refractivity contribution < 1.29 is 13.6 Å². The molecule has 1 aliphatic carbocycles. The average molecular weight is 310 g/mol. The molecule has 5 heteroatoms. The van der Waals surface area contributed by atoms with Gasteiger partial charge in [0.05, 0.1) is 0 Å². The van der Waals surface area contributed by atoms with E-state index in [2.05, 4.69) is 10.6 Å². The third-order valence-electron chi connectivity index (χ3n) is 4.36. The van der Waals surface area contributed by atoms with Gasteiger partial charge in [0.1, 0.15) is 0 Å². The first-order valence-corrected chi connectivity index (χ1v) is 7.91. The first kappa shape index (κ1) is 16.9. The van der Waals surface area contributed by atoms with Crippen LogP contribution in [0, 0.1) is 11.6 Å². The van der Waals surface area contributed by atoms with Crippen molar-refractivity contribution in [1.29, 1.82) is 0 Å². The highest BCUT2D eigenvalue weighted by molar-refractivity contribution is 5.73. The van der Waals surface area contributed by atoms with Gasteiger partial charge in [-0.2, -0.15) is 0 Å². The molecule has 1 aliphatic rings. The molecule has 2 N–H and O–H groups in total. The molecule has 0 bridgehead atoms. The Morgan fingerprint density at radius 1 is 1.18 bits per heavy atom. The molecule has 0 heterocycles. The summed E-state index contributed by atoms with van der Waals surface area (Å²) >= 11 is 0. The van der Waals surface area contributed by atoms with E-state index in [-0.39, 0.29) is 11.8 Å². The molecular weight excluding hydrogens is 286 g/mol. The van der Waals surface area contributed by atoms with Crippen LogP contribution in [0.25, 0.3) is 0 Å². The van der Waals surface area contributed by atoms with E-state index in [4.69, 9.17) is 0 Å². The lowest BCUT2D eigenvalue weighted by Gasteiger charge is -2.30. The molecule has 0 saturated heterocycles. The van der Waals surface area contributed by atoms with E-state index >= 15 is 0 Å². The third-order valence-corrected chi connectivity index (χ3v) is 4.36. The standard InChI is InChI=1S/C17H24F2N2O/c1-11(13-3-8-16(18)17(19)9-13)10-20-14-4-6-15(7-5-14)21-12(2)22/h3,8-9,11,14-15,20H,4-7,10H2,1-2H3,(H,21,22)/t11-,14?,15?/m0/s1. The van der Waals surface area contributed by atoms with Crippen LogP contribution in [0.4, 0.5) is 8.78 Å². The summed E-state index contributed by atoms with van der Waals surface area (Å²) in [5, 5.41) is 6.46. The van der Waals surface area contributed by atoms with Crippen LogP contribution in [0.1, 0.15) is 51.0 Å². The van der Waals surface area contributed by atoms with Crippen LogP contribution in [-0.2, 0) is 4.79 Å². The van der Waals surface area contributed by atoms with Gasteiger partial charge in [-0.25, -0.2) is 8.78 Å². The molecule has 122 valence electrons. The summed E-state index contributed by atoms with van der Waals surface area (Å²) in [6.07, 6.45) is 4.01. The topological polar surface area (TPSA) is 41.1 Å². The maximum atomic E-state index is 13.3. The van der Waals surface area contributed by atoms with Crippen molar-refractivity contribution in [1.82, 2.24) is 10.6 Å². The van der Waals surface area contributed by atoms with Gasteiger partial charge in [-0.1, -0.05) is 13.0 Å². The van der Waals surface area contributed by atoms with Crippen LogP contribution in [-0.4, -0.2) is 24.5 Å². The fraction of sp³-hybridized carbons (Fsp3) is 0.588. The van der Waals surface area contributed by atoms with Gasteiger partial charge in [-0.05, 0) is 49.3 Å². The number of nitrogens with one attached hydrogen (secondary N) is 2. The maximum absolute atomic E-state index is 13.3. The molecule has 0 spiro atoms. The zero-order valence-corrected chi connectivity index (χ0v) is 13.2. The highest BCUT2D eigenvalue weighted by atomic mass is 19.2. The molecule has 1 saturated carbocycles. The molecule has 0 radical (unpaired) electrons. The van der Waals surface area contributed by atoms with Crippen molar-refractivity contribution in [3.05, 3.63) is 35.4 Å². The minimum absolute atomic E-state index is 0.0309. The highest BCUT2D eigenvalue weighted by Gasteiger charge is 2.21. The van der Waals surface area contributed by atoms with Gasteiger partial charge >= 0.3 is 0 Å². The smallest absolute Gasteiger partial charge is 0.217 e. The van der Waals surface area contributed by atoms with Gasteiger partial charge < -0.3 is 10.6 Å². The van der Waals surface area contributed by atoms with Crippen LogP contribution in [0.2, 0.25) is 0 Å². The number of halogens is 2. The van der Waals surface area contributed by atoms with Crippen molar-refractivity contribution in [2.45, 2.75) is 57.5 Å². The Morgan fingerprint density at radius 2 is 1.82 bits per heavy atom. The molecule has 1 atom stereocenters. The molecule has 0 aliphatic heterocycles. The summed E-state index contributed by atoms with van der Waals surface area (Å²) in [6, 6.07) is 4.81. The number of benzene rings is 1. The van der Waals surface area contributed by atoms with Crippen molar-refractivity contribution in [3.63, 3.8) is 0 Å².